The Hall–Kier alpha value is -2.28. The van der Waals surface area contributed by atoms with Crippen LogP contribution in [-0.4, -0.2) is 21.2 Å². The maximum atomic E-state index is 13.1. The van der Waals surface area contributed by atoms with E-state index < -0.39 is 10.7 Å². The van der Waals surface area contributed by atoms with E-state index in [2.05, 4.69) is 10.4 Å². The topological polar surface area (TPSA) is 73.0 Å². The normalized spacial score (nSPS) is 10.7. The van der Waals surface area contributed by atoms with Gasteiger partial charge in [0, 0.05) is 37.1 Å². The molecule has 7 heteroatoms. The number of hydrogen-bond acceptors (Lipinski definition) is 4. The predicted octanol–water partition coefficient (Wildman–Crippen LogP) is 2.11. The van der Waals surface area contributed by atoms with Crippen molar-refractivity contribution in [3.8, 4) is 0 Å². The standard InChI is InChI=1S/C13H15FN4O2/c14-12-3-4-13(18(19)20)11(9-12)10-15-5-1-7-17-8-2-6-16-17/h2-4,6,8-9,15H,1,5,7,10H2. The molecule has 0 aliphatic heterocycles. The molecule has 0 atom stereocenters. The second-order valence-electron chi connectivity index (χ2n) is 4.33. The Labute approximate surface area is 115 Å². The van der Waals surface area contributed by atoms with Crippen molar-refractivity contribution in [2.45, 2.75) is 19.5 Å². The summed E-state index contributed by atoms with van der Waals surface area (Å²) in [4.78, 5) is 10.3. The minimum Gasteiger partial charge on any atom is -0.312 e. The number of nitrogens with zero attached hydrogens (tertiary/aromatic N) is 3. The summed E-state index contributed by atoms with van der Waals surface area (Å²) < 4.78 is 14.9. The zero-order valence-corrected chi connectivity index (χ0v) is 10.8. The first-order valence-electron chi connectivity index (χ1n) is 6.28. The summed E-state index contributed by atoms with van der Waals surface area (Å²) in [6.07, 6.45) is 4.42. The highest BCUT2D eigenvalue weighted by atomic mass is 19.1. The number of nitrogens with one attached hydrogen (secondary N) is 1. The number of benzene rings is 1. The molecule has 0 radical (unpaired) electrons. The van der Waals surface area contributed by atoms with Crippen LogP contribution < -0.4 is 5.32 Å². The molecule has 0 fully saturated rings. The van der Waals surface area contributed by atoms with Crippen molar-refractivity contribution in [3.05, 3.63) is 58.2 Å². The average Bonchev–Trinajstić information content (AvgIpc) is 2.91. The fourth-order valence-corrected chi connectivity index (χ4v) is 1.90. The number of aromatic nitrogens is 2. The van der Waals surface area contributed by atoms with E-state index in [0.717, 1.165) is 19.0 Å². The molecular weight excluding hydrogens is 263 g/mol. The Bertz CT molecular complexity index is 572. The molecule has 0 amide bonds. The minimum absolute atomic E-state index is 0.0639. The summed E-state index contributed by atoms with van der Waals surface area (Å²) in [5.41, 5.74) is 0.292. The van der Waals surface area contributed by atoms with Crippen molar-refractivity contribution in [1.29, 1.82) is 0 Å². The minimum atomic E-state index is -0.500. The van der Waals surface area contributed by atoms with Gasteiger partial charge in [0.05, 0.1) is 4.92 Å². The first-order chi connectivity index (χ1) is 9.66. The summed E-state index contributed by atoms with van der Waals surface area (Å²) in [7, 11) is 0. The highest BCUT2D eigenvalue weighted by molar-refractivity contribution is 5.40. The first kappa shape index (κ1) is 14.1. The Kier molecular flexibility index (Phi) is 4.78. The molecule has 106 valence electrons. The van der Waals surface area contributed by atoms with Crippen LogP contribution in [0.4, 0.5) is 10.1 Å². The van der Waals surface area contributed by atoms with Gasteiger partial charge in [0.15, 0.2) is 0 Å². The predicted molar refractivity (Wildman–Crippen MR) is 71.6 cm³/mol. The van der Waals surface area contributed by atoms with Crippen molar-refractivity contribution in [2.24, 2.45) is 0 Å². The van der Waals surface area contributed by atoms with Gasteiger partial charge in [-0.15, -0.1) is 0 Å². The van der Waals surface area contributed by atoms with Crippen LogP contribution in [-0.2, 0) is 13.1 Å². The fourth-order valence-electron chi connectivity index (χ4n) is 1.90. The van der Waals surface area contributed by atoms with Crippen molar-refractivity contribution in [3.63, 3.8) is 0 Å². The Morgan fingerprint density at radius 3 is 3.00 bits per heavy atom. The van der Waals surface area contributed by atoms with E-state index in [-0.39, 0.29) is 12.2 Å². The molecule has 0 saturated carbocycles. The summed E-state index contributed by atoms with van der Waals surface area (Å²) in [5.74, 6) is -0.469. The fraction of sp³-hybridized carbons (Fsp3) is 0.308. The zero-order valence-electron chi connectivity index (χ0n) is 10.8. The lowest BCUT2D eigenvalue weighted by Crippen LogP contribution is -2.17. The lowest BCUT2D eigenvalue weighted by atomic mass is 10.1. The first-order valence-corrected chi connectivity index (χ1v) is 6.28. The molecule has 0 saturated heterocycles. The van der Waals surface area contributed by atoms with Gasteiger partial charge >= 0.3 is 0 Å². The van der Waals surface area contributed by atoms with Gasteiger partial charge < -0.3 is 5.32 Å². The molecule has 0 unspecified atom stereocenters. The van der Waals surface area contributed by atoms with Gasteiger partial charge in [0.1, 0.15) is 5.82 Å². The molecule has 0 aliphatic rings. The number of nitro groups is 1. The zero-order chi connectivity index (χ0) is 14.4. The number of halogens is 1. The largest absolute Gasteiger partial charge is 0.312 e. The molecule has 2 aromatic rings. The molecule has 1 aromatic carbocycles. The molecule has 2 rings (SSSR count). The van der Waals surface area contributed by atoms with Crippen LogP contribution in [0.3, 0.4) is 0 Å². The van der Waals surface area contributed by atoms with Crippen molar-refractivity contribution in [2.75, 3.05) is 6.54 Å². The van der Waals surface area contributed by atoms with E-state index in [9.17, 15) is 14.5 Å². The number of aryl methyl sites for hydroxylation is 1. The van der Waals surface area contributed by atoms with Crippen molar-refractivity contribution < 1.29 is 9.31 Å². The van der Waals surface area contributed by atoms with Crippen molar-refractivity contribution >= 4 is 5.69 Å². The Balaban J connectivity index is 1.81. The smallest absolute Gasteiger partial charge is 0.274 e. The molecule has 20 heavy (non-hydrogen) atoms. The molecule has 1 aromatic heterocycles. The highest BCUT2D eigenvalue weighted by Crippen LogP contribution is 2.19. The van der Waals surface area contributed by atoms with E-state index in [1.807, 2.05) is 16.9 Å². The third-order valence-corrected chi connectivity index (χ3v) is 2.85. The molecule has 1 heterocycles. The van der Waals surface area contributed by atoms with Crippen LogP contribution in [0.5, 0.6) is 0 Å². The summed E-state index contributed by atoms with van der Waals surface area (Å²) >= 11 is 0. The van der Waals surface area contributed by atoms with Crippen molar-refractivity contribution in [1.82, 2.24) is 15.1 Å². The van der Waals surface area contributed by atoms with Crippen LogP contribution in [0, 0.1) is 15.9 Å². The Morgan fingerprint density at radius 1 is 1.45 bits per heavy atom. The maximum absolute atomic E-state index is 13.1. The monoisotopic (exact) mass is 278 g/mol. The van der Waals surface area contributed by atoms with E-state index in [1.165, 1.54) is 12.1 Å². The lowest BCUT2D eigenvalue weighted by Gasteiger charge is -2.06. The summed E-state index contributed by atoms with van der Waals surface area (Å²) in [6.45, 7) is 1.71. The van der Waals surface area contributed by atoms with Gasteiger partial charge in [-0.3, -0.25) is 14.8 Å². The third kappa shape index (κ3) is 3.86. The third-order valence-electron chi connectivity index (χ3n) is 2.85. The summed E-state index contributed by atoms with van der Waals surface area (Å²) in [5, 5.41) is 18.0. The van der Waals surface area contributed by atoms with Gasteiger partial charge in [-0.2, -0.15) is 5.10 Å². The van der Waals surface area contributed by atoms with E-state index in [0.29, 0.717) is 12.1 Å². The van der Waals surface area contributed by atoms with Crippen LogP contribution >= 0.6 is 0 Å². The molecule has 0 aliphatic carbocycles. The van der Waals surface area contributed by atoms with Crippen LogP contribution in [0.2, 0.25) is 0 Å². The average molecular weight is 278 g/mol. The van der Waals surface area contributed by atoms with Gasteiger partial charge in [-0.25, -0.2) is 4.39 Å². The SMILES string of the molecule is O=[N+]([O-])c1ccc(F)cc1CNCCCn1cccn1. The summed E-state index contributed by atoms with van der Waals surface area (Å²) in [6, 6.07) is 5.33. The highest BCUT2D eigenvalue weighted by Gasteiger charge is 2.13. The van der Waals surface area contributed by atoms with Gasteiger partial charge in [-0.1, -0.05) is 0 Å². The molecule has 0 spiro atoms. The molecule has 6 nitrogen and oxygen atoms in total. The molecular formula is C13H15FN4O2. The van der Waals surface area contributed by atoms with E-state index in [4.69, 9.17) is 0 Å². The van der Waals surface area contributed by atoms with E-state index >= 15 is 0 Å². The lowest BCUT2D eigenvalue weighted by molar-refractivity contribution is -0.385. The second kappa shape index (κ2) is 6.76. The quantitative estimate of drug-likeness (QED) is 0.478. The van der Waals surface area contributed by atoms with Crippen LogP contribution in [0.1, 0.15) is 12.0 Å². The maximum Gasteiger partial charge on any atom is 0.274 e. The van der Waals surface area contributed by atoms with Gasteiger partial charge in [0.2, 0.25) is 0 Å². The number of hydrogen-bond donors (Lipinski definition) is 1. The Morgan fingerprint density at radius 2 is 2.30 bits per heavy atom. The number of rotatable bonds is 7. The molecule has 0 bridgehead atoms. The van der Waals surface area contributed by atoms with Crippen LogP contribution in [0.25, 0.3) is 0 Å². The number of nitro benzene ring substituents is 1. The molecule has 1 N–H and O–H groups in total. The van der Waals surface area contributed by atoms with Gasteiger partial charge in [-0.05, 0) is 31.2 Å². The van der Waals surface area contributed by atoms with Gasteiger partial charge in [0.25, 0.3) is 5.69 Å². The second-order valence-corrected chi connectivity index (χ2v) is 4.33. The van der Waals surface area contributed by atoms with Crippen LogP contribution in [0.15, 0.2) is 36.7 Å². The van der Waals surface area contributed by atoms with E-state index in [1.54, 1.807) is 6.20 Å².